The number of halogens is 2. The maximum absolute atomic E-state index is 14.3. The minimum absolute atomic E-state index is 0.159. The molecule has 38 heavy (non-hydrogen) atoms. The molecule has 0 spiro atoms. The largest absolute Gasteiger partial charge is 0.378 e. The molecule has 2 amide bonds. The summed E-state index contributed by atoms with van der Waals surface area (Å²) in [6.45, 7) is 1.59. The number of fused-ring (bicyclic) bond motifs is 1. The van der Waals surface area contributed by atoms with Gasteiger partial charge in [-0.25, -0.2) is 8.78 Å². The van der Waals surface area contributed by atoms with Gasteiger partial charge >= 0.3 is 0 Å². The predicted molar refractivity (Wildman–Crippen MR) is 135 cm³/mol. The van der Waals surface area contributed by atoms with Gasteiger partial charge in [-0.3, -0.25) is 19.2 Å². The Morgan fingerprint density at radius 3 is 2.32 bits per heavy atom. The number of H-pyrrole nitrogens is 1. The minimum Gasteiger partial charge on any atom is -0.378 e. The van der Waals surface area contributed by atoms with Gasteiger partial charge in [-0.05, 0) is 42.5 Å². The molecule has 2 aromatic carbocycles. The molecule has 0 atom stereocenters. The van der Waals surface area contributed by atoms with E-state index < -0.39 is 28.5 Å². The molecule has 0 aliphatic carbocycles. The Labute approximate surface area is 214 Å². The number of hydrogen-bond acceptors (Lipinski definition) is 5. The van der Waals surface area contributed by atoms with Crippen LogP contribution >= 0.6 is 0 Å². The van der Waals surface area contributed by atoms with Crippen molar-refractivity contribution in [1.29, 1.82) is 0 Å². The van der Waals surface area contributed by atoms with Crippen LogP contribution in [0, 0.1) is 11.6 Å². The Balaban J connectivity index is 1.46. The van der Waals surface area contributed by atoms with Gasteiger partial charge in [0.2, 0.25) is 11.0 Å². The van der Waals surface area contributed by atoms with Crippen molar-refractivity contribution in [3.05, 3.63) is 110 Å². The standard InChI is InChI=1S/C27H22F2N4O5/c28-20-2-1-3-21(29)18(20)14-33-15-19(25(35)24-22(33)8-9-23(34)31-24)26(36)30-17-6-4-16(5-7-17)27(37)32-10-12-38-13-11-32/h1-9,15H,10-14H2,(H,30,36)(H,31,34). The lowest BCUT2D eigenvalue weighted by atomic mass is 10.1. The quantitative estimate of drug-likeness (QED) is 0.420. The van der Waals surface area contributed by atoms with Crippen molar-refractivity contribution in [2.75, 3.05) is 31.6 Å². The van der Waals surface area contributed by atoms with E-state index in [1.807, 2.05) is 0 Å². The summed E-state index contributed by atoms with van der Waals surface area (Å²) < 4.78 is 35.3. The van der Waals surface area contributed by atoms with Crippen LogP contribution in [0.15, 0.2) is 70.4 Å². The van der Waals surface area contributed by atoms with Crippen molar-refractivity contribution in [3.8, 4) is 0 Å². The zero-order valence-corrected chi connectivity index (χ0v) is 20.0. The fraction of sp³-hybridized carbons (Fsp3) is 0.185. The highest BCUT2D eigenvalue weighted by molar-refractivity contribution is 6.05. The predicted octanol–water partition coefficient (Wildman–Crippen LogP) is 2.74. The first-order valence-corrected chi connectivity index (χ1v) is 11.8. The Kier molecular flexibility index (Phi) is 6.84. The van der Waals surface area contributed by atoms with Gasteiger partial charge in [-0.1, -0.05) is 6.07 Å². The van der Waals surface area contributed by atoms with Crippen LogP contribution in [0.2, 0.25) is 0 Å². The number of anilines is 1. The fourth-order valence-corrected chi connectivity index (χ4v) is 4.29. The lowest BCUT2D eigenvalue weighted by Gasteiger charge is -2.26. The molecule has 5 rings (SSSR count). The lowest BCUT2D eigenvalue weighted by molar-refractivity contribution is 0.0303. The summed E-state index contributed by atoms with van der Waals surface area (Å²) in [5.74, 6) is -2.54. The normalized spacial score (nSPS) is 13.5. The molecule has 0 saturated carbocycles. The number of hydrogen-bond donors (Lipinski definition) is 2. The zero-order chi connectivity index (χ0) is 26.8. The Hall–Kier alpha value is -4.64. The number of morpholine rings is 1. The summed E-state index contributed by atoms with van der Waals surface area (Å²) >= 11 is 0. The number of carbonyl (C=O) groups is 2. The van der Waals surface area contributed by atoms with E-state index in [-0.39, 0.29) is 34.6 Å². The molecule has 0 radical (unpaired) electrons. The van der Waals surface area contributed by atoms with Gasteiger partial charge in [-0.2, -0.15) is 0 Å². The SMILES string of the molecule is O=C(Nc1ccc(C(=O)N2CCOCC2)cc1)c1cn(Cc2c(F)cccc2F)c2ccc(=O)[nH]c2c1=O. The average Bonchev–Trinajstić information content (AvgIpc) is 2.92. The van der Waals surface area contributed by atoms with Crippen molar-refractivity contribution in [1.82, 2.24) is 14.5 Å². The van der Waals surface area contributed by atoms with Gasteiger partial charge in [0.1, 0.15) is 22.7 Å². The van der Waals surface area contributed by atoms with E-state index in [0.29, 0.717) is 37.6 Å². The monoisotopic (exact) mass is 520 g/mol. The topological polar surface area (TPSA) is 114 Å². The highest BCUT2D eigenvalue weighted by Gasteiger charge is 2.20. The van der Waals surface area contributed by atoms with Crippen LogP contribution in [0.3, 0.4) is 0 Å². The van der Waals surface area contributed by atoms with Gasteiger partial charge in [0.15, 0.2) is 0 Å². The first-order chi connectivity index (χ1) is 18.3. The number of amides is 2. The zero-order valence-electron chi connectivity index (χ0n) is 20.0. The summed E-state index contributed by atoms with van der Waals surface area (Å²) in [4.78, 5) is 54.9. The summed E-state index contributed by atoms with van der Waals surface area (Å²) in [6.07, 6.45) is 1.19. The van der Waals surface area contributed by atoms with Crippen LogP contribution in [0.4, 0.5) is 14.5 Å². The van der Waals surface area contributed by atoms with Crippen molar-refractivity contribution < 1.29 is 23.1 Å². The number of carbonyl (C=O) groups excluding carboxylic acids is 2. The molecule has 0 bridgehead atoms. The summed E-state index contributed by atoms with van der Waals surface area (Å²) in [6, 6.07) is 12.1. The molecule has 3 heterocycles. The number of aromatic amines is 1. The summed E-state index contributed by atoms with van der Waals surface area (Å²) in [7, 11) is 0. The van der Waals surface area contributed by atoms with Crippen LogP contribution in [0.5, 0.6) is 0 Å². The molecule has 0 unspecified atom stereocenters. The maximum Gasteiger partial charge on any atom is 0.261 e. The second kappa shape index (κ2) is 10.4. The molecular weight excluding hydrogens is 498 g/mol. The second-order valence-electron chi connectivity index (χ2n) is 8.72. The van der Waals surface area contributed by atoms with Gasteiger partial charge in [0.05, 0.1) is 25.3 Å². The molecule has 1 aliphatic heterocycles. The lowest BCUT2D eigenvalue weighted by Crippen LogP contribution is -2.40. The van der Waals surface area contributed by atoms with Gasteiger partial charge in [0.25, 0.3) is 11.8 Å². The average molecular weight is 520 g/mol. The van der Waals surface area contributed by atoms with Gasteiger partial charge in [-0.15, -0.1) is 0 Å². The van der Waals surface area contributed by atoms with Crippen LogP contribution in [-0.2, 0) is 11.3 Å². The number of benzene rings is 2. The van der Waals surface area contributed by atoms with E-state index in [0.717, 1.165) is 12.1 Å². The molecule has 11 heteroatoms. The van der Waals surface area contributed by atoms with E-state index in [4.69, 9.17) is 4.74 Å². The molecule has 1 aliphatic rings. The molecular formula is C27H22F2N4O5. The molecule has 4 aromatic rings. The number of nitrogens with zero attached hydrogens (tertiary/aromatic N) is 2. The number of aromatic nitrogens is 2. The van der Waals surface area contributed by atoms with E-state index in [1.165, 1.54) is 41.1 Å². The van der Waals surface area contributed by atoms with Crippen molar-refractivity contribution in [2.45, 2.75) is 6.54 Å². The Bertz CT molecular complexity index is 1640. The van der Waals surface area contributed by atoms with E-state index in [9.17, 15) is 28.0 Å². The molecule has 9 nitrogen and oxygen atoms in total. The first-order valence-electron chi connectivity index (χ1n) is 11.8. The number of pyridine rings is 2. The van der Waals surface area contributed by atoms with Crippen molar-refractivity contribution >= 4 is 28.5 Å². The highest BCUT2D eigenvalue weighted by Crippen LogP contribution is 2.18. The molecule has 1 fully saturated rings. The third kappa shape index (κ3) is 4.96. The third-order valence-electron chi connectivity index (χ3n) is 6.29. The van der Waals surface area contributed by atoms with Crippen molar-refractivity contribution in [2.24, 2.45) is 0 Å². The molecule has 194 valence electrons. The first kappa shape index (κ1) is 25.0. The maximum atomic E-state index is 14.3. The van der Waals surface area contributed by atoms with E-state index in [1.54, 1.807) is 17.0 Å². The second-order valence-corrected chi connectivity index (χ2v) is 8.72. The number of rotatable bonds is 5. The molecule has 2 N–H and O–H groups in total. The fourth-order valence-electron chi connectivity index (χ4n) is 4.29. The van der Waals surface area contributed by atoms with Gasteiger partial charge < -0.3 is 24.5 Å². The summed E-state index contributed by atoms with van der Waals surface area (Å²) in [5.41, 5.74) is -1.16. The summed E-state index contributed by atoms with van der Waals surface area (Å²) in [5, 5.41) is 2.60. The van der Waals surface area contributed by atoms with E-state index in [2.05, 4.69) is 10.3 Å². The smallest absolute Gasteiger partial charge is 0.261 e. The van der Waals surface area contributed by atoms with Crippen LogP contribution in [0.1, 0.15) is 26.3 Å². The third-order valence-corrected chi connectivity index (χ3v) is 6.29. The van der Waals surface area contributed by atoms with E-state index >= 15 is 0 Å². The molecule has 2 aromatic heterocycles. The van der Waals surface area contributed by atoms with Crippen LogP contribution in [0.25, 0.3) is 11.0 Å². The number of nitrogens with one attached hydrogen (secondary N) is 2. The van der Waals surface area contributed by atoms with Crippen molar-refractivity contribution in [3.63, 3.8) is 0 Å². The Morgan fingerprint density at radius 1 is 0.947 bits per heavy atom. The Morgan fingerprint density at radius 2 is 1.63 bits per heavy atom. The number of ether oxygens (including phenoxy) is 1. The minimum atomic E-state index is -0.795. The molecule has 1 saturated heterocycles. The van der Waals surface area contributed by atoms with Crippen LogP contribution in [-0.4, -0.2) is 52.6 Å². The van der Waals surface area contributed by atoms with Gasteiger partial charge in [0, 0.05) is 42.2 Å². The van der Waals surface area contributed by atoms with Crippen LogP contribution < -0.4 is 16.3 Å². The highest BCUT2D eigenvalue weighted by atomic mass is 19.1.